The summed E-state index contributed by atoms with van der Waals surface area (Å²) in [5, 5.41) is 1.31. The highest BCUT2D eigenvalue weighted by molar-refractivity contribution is 7.92. The van der Waals surface area contributed by atoms with E-state index in [9.17, 15) is 13.2 Å². The van der Waals surface area contributed by atoms with Crippen LogP contribution in [0.25, 0.3) is 0 Å². The van der Waals surface area contributed by atoms with Gasteiger partial charge in [0.25, 0.3) is 15.9 Å². The van der Waals surface area contributed by atoms with Crippen molar-refractivity contribution in [1.82, 2.24) is 4.90 Å². The number of rotatable bonds is 7. The fourth-order valence-electron chi connectivity index (χ4n) is 3.67. The molecular weight excluding hydrogens is 533 g/mol. The van der Waals surface area contributed by atoms with Crippen molar-refractivity contribution in [3.05, 3.63) is 81.8 Å². The Morgan fingerprint density at radius 2 is 1.51 bits per heavy atom. The van der Waals surface area contributed by atoms with Crippen LogP contribution in [-0.4, -0.2) is 52.0 Å². The third-order valence-electron chi connectivity index (χ3n) is 5.42. The number of carbonyl (C=O) groups is 1. The first-order valence-electron chi connectivity index (χ1n) is 10.7. The first-order valence-corrected chi connectivity index (χ1v) is 13.3. The number of benzene rings is 3. The molecule has 0 atom stereocenters. The molecule has 0 spiro atoms. The Morgan fingerprint density at radius 1 is 0.857 bits per heavy atom. The molecule has 1 fully saturated rings. The summed E-state index contributed by atoms with van der Waals surface area (Å²) in [5.41, 5.74) is 1.28. The lowest BCUT2D eigenvalue weighted by Gasteiger charge is -2.36. The molecule has 0 aliphatic carbocycles. The zero-order valence-corrected chi connectivity index (χ0v) is 21.5. The Hall–Kier alpha value is -2.65. The first-order chi connectivity index (χ1) is 16.7. The number of piperazine rings is 1. The number of hydrogen-bond donors (Lipinski definition) is 1. The smallest absolute Gasteiger partial charge is 0.261 e. The van der Waals surface area contributed by atoms with E-state index in [1.165, 1.54) is 42.5 Å². The number of ether oxygens (including phenoxy) is 1. The summed E-state index contributed by atoms with van der Waals surface area (Å²) in [5.74, 6) is 0.257. The van der Waals surface area contributed by atoms with Gasteiger partial charge >= 0.3 is 0 Å². The van der Waals surface area contributed by atoms with Gasteiger partial charge in [-0.1, -0.05) is 40.9 Å². The van der Waals surface area contributed by atoms with E-state index in [4.69, 9.17) is 39.5 Å². The average Bonchev–Trinajstić information content (AvgIpc) is 2.82. The van der Waals surface area contributed by atoms with Gasteiger partial charge in [0, 0.05) is 46.9 Å². The predicted octanol–water partition coefficient (Wildman–Crippen LogP) is 5.18. The Balaban J connectivity index is 1.29. The zero-order chi connectivity index (χ0) is 25.0. The Labute approximate surface area is 219 Å². The highest BCUT2D eigenvalue weighted by atomic mass is 35.5. The topological polar surface area (TPSA) is 78.9 Å². The summed E-state index contributed by atoms with van der Waals surface area (Å²) < 4.78 is 33.3. The molecule has 3 aromatic carbocycles. The number of nitrogens with one attached hydrogen (secondary N) is 1. The van der Waals surface area contributed by atoms with Crippen molar-refractivity contribution in [2.75, 3.05) is 42.4 Å². The number of halogens is 3. The normalized spacial score (nSPS) is 14.0. The molecule has 0 bridgehead atoms. The minimum absolute atomic E-state index is 0.0319. The number of hydrogen-bond acceptors (Lipinski definition) is 5. The number of nitrogens with zero attached hydrogens (tertiary/aromatic N) is 2. The highest BCUT2D eigenvalue weighted by Crippen LogP contribution is 2.25. The van der Waals surface area contributed by atoms with Crippen molar-refractivity contribution in [3.8, 4) is 5.75 Å². The van der Waals surface area contributed by atoms with Crippen LogP contribution in [0.4, 0.5) is 11.4 Å². The van der Waals surface area contributed by atoms with Gasteiger partial charge < -0.3 is 14.5 Å². The molecule has 1 amide bonds. The van der Waals surface area contributed by atoms with E-state index in [2.05, 4.69) is 9.62 Å². The van der Waals surface area contributed by atoms with E-state index in [-0.39, 0.29) is 23.1 Å². The number of carbonyl (C=O) groups excluding carboxylic acids is 1. The second-order valence-corrected chi connectivity index (χ2v) is 10.9. The largest absolute Gasteiger partial charge is 0.484 e. The number of anilines is 2. The molecule has 0 unspecified atom stereocenters. The maximum absolute atomic E-state index is 12.6. The summed E-state index contributed by atoms with van der Waals surface area (Å²) >= 11 is 17.9. The molecule has 1 aliphatic rings. The van der Waals surface area contributed by atoms with Crippen molar-refractivity contribution in [1.29, 1.82) is 0 Å². The van der Waals surface area contributed by atoms with Crippen LogP contribution < -0.4 is 14.4 Å². The minimum atomic E-state index is -3.85. The van der Waals surface area contributed by atoms with Crippen LogP contribution in [0.2, 0.25) is 15.1 Å². The molecule has 3 aromatic rings. The number of amides is 1. The van der Waals surface area contributed by atoms with Crippen LogP contribution in [0, 0.1) is 0 Å². The maximum Gasteiger partial charge on any atom is 0.261 e. The van der Waals surface area contributed by atoms with Gasteiger partial charge in [0.1, 0.15) is 5.75 Å². The Kier molecular flexibility index (Phi) is 7.96. The van der Waals surface area contributed by atoms with Crippen molar-refractivity contribution in [3.63, 3.8) is 0 Å². The lowest BCUT2D eigenvalue weighted by atomic mass is 10.2. The molecule has 184 valence electrons. The lowest BCUT2D eigenvalue weighted by Crippen LogP contribution is -2.50. The van der Waals surface area contributed by atoms with Crippen molar-refractivity contribution < 1.29 is 17.9 Å². The monoisotopic (exact) mass is 553 g/mol. The van der Waals surface area contributed by atoms with Crippen molar-refractivity contribution >= 4 is 62.1 Å². The molecule has 4 rings (SSSR count). The van der Waals surface area contributed by atoms with Gasteiger partial charge in [0.05, 0.1) is 10.6 Å². The third kappa shape index (κ3) is 6.73. The summed E-state index contributed by atoms with van der Waals surface area (Å²) in [7, 11) is -3.85. The second-order valence-electron chi connectivity index (χ2n) is 7.87. The maximum atomic E-state index is 12.6. The van der Waals surface area contributed by atoms with Gasteiger partial charge in [0.15, 0.2) is 6.61 Å². The van der Waals surface area contributed by atoms with E-state index < -0.39 is 10.0 Å². The van der Waals surface area contributed by atoms with Crippen LogP contribution >= 0.6 is 34.8 Å². The molecule has 1 saturated heterocycles. The van der Waals surface area contributed by atoms with Crippen LogP contribution in [-0.2, 0) is 14.8 Å². The highest BCUT2D eigenvalue weighted by Gasteiger charge is 2.22. The van der Waals surface area contributed by atoms with E-state index in [1.54, 1.807) is 4.90 Å². The van der Waals surface area contributed by atoms with Crippen LogP contribution in [0.1, 0.15) is 0 Å². The molecule has 0 radical (unpaired) electrons. The molecular formula is C24H22Cl3N3O4S. The lowest BCUT2D eigenvalue weighted by molar-refractivity contribution is -0.133. The SMILES string of the molecule is O=C(COc1ccc(S(=O)(=O)Nc2cc(Cl)cc(Cl)c2)cc1)N1CCN(c2cccc(Cl)c2)CC1. The van der Waals surface area contributed by atoms with Gasteiger partial charge in [-0.15, -0.1) is 0 Å². The summed E-state index contributed by atoms with van der Waals surface area (Å²) in [6.45, 7) is 2.41. The van der Waals surface area contributed by atoms with Gasteiger partial charge in [-0.3, -0.25) is 9.52 Å². The summed E-state index contributed by atoms with van der Waals surface area (Å²) in [4.78, 5) is 16.6. The third-order valence-corrected chi connectivity index (χ3v) is 7.49. The van der Waals surface area contributed by atoms with Gasteiger partial charge in [-0.05, 0) is 60.7 Å². The molecule has 1 aliphatic heterocycles. The Bertz CT molecular complexity index is 1290. The van der Waals surface area contributed by atoms with Crippen LogP contribution in [0.15, 0.2) is 71.6 Å². The van der Waals surface area contributed by atoms with E-state index in [0.29, 0.717) is 47.0 Å². The summed E-state index contributed by atoms with van der Waals surface area (Å²) in [6, 6.07) is 17.9. The van der Waals surface area contributed by atoms with E-state index in [1.807, 2.05) is 24.3 Å². The van der Waals surface area contributed by atoms with Crippen LogP contribution in [0.3, 0.4) is 0 Å². The minimum Gasteiger partial charge on any atom is -0.484 e. The van der Waals surface area contributed by atoms with Gasteiger partial charge in [-0.25, -0.2) is 8.42 Å². The standard InChI is InChI=1S/C24H22Cl3N3O4S/c25-17-2-1-3-21(15-17)29-8-10-30(11-9-29)24(31)16-34-22-4-6-23(7-5-22)35(32,33)28-20-13-18(26)12-19(27)14-20/h1-7,12-15,28H,8-11,16H2. The van der Waals surface area contributed by atoms with Crippen LogP contribution in [0.5, 0.6) is 5.75 Å². The first kappa shape index (κ1) is 25.4. The molecule has 35 heavy (non-hydrogen) atoms. The number of sulfonamides is 1. The van der Waals surface area contributed by atoms with E-state index in [0.717, 1.165) is 5.69 Å². The predicted molar refractivity (Wildman–Crippen MR) is 139 cm³/mol. The zero-order valence-electron chi connectivity index (χ0n) is 18.5. The summed E-state index contributed by atoms with van der Waals surface area (Å²) in [6.07, 6.45) is 0. The van der Waals surface area contributed by atoms with Crippen molar-refractivity contribution in [2.24, 2.45) is 0 Å². The molecule has 1 N–H and O–H groups in total. The molecule has 7 nitrogen and oxygen atoms in total. The molecule has 1 heterocycles. The molecule has 11 heteroatoms. The molecule has 0 aromatic heterocycles. The van der Waals surface area contributed by atoms with Crippen molar-refractivity contribution in [2.45, 2.75) is 4.90 Å². The van der Waals surface area contributed by atoms with Gasteiger partial charge in [0.2, 0.25) is 0 Å². The molecule has 0 saturated carbocycles. The average molecular weight is 555 g/mol. The fraction of sp³-hybridized carbons (Fsp3) is 0.208. The quantitative estimate of drug-likeness (QED) is 0.436. The van der Waals surface area contributed by atoms with Gasteiger partial charge in [-0.2, -0.15) is 0 Å². The fourth-order valence-corrected chi connectivity index (χ4v) is 5.42. The Morgan fingerprint density at radius 3 is 2.14 bits per heavy atom. The van der Waals surface area contributed by atoms with E-state index >= 15 is 0 Å². The second kappa shape index (κ2) is 11.0.